The minimum Gasteiger partial charge on any atom is -0.282 e. The van der Waals surface area contributed by atoms with Crippen molar-refractivity contribution in [2.45, 2.75) is 40.2 Å². The molecule has 29 heavy (non-hydrogen) atoms. The Balaban J connectivity index is 3.11. The summed E-state index contributed by atoms with van der Waals surface area (Å²) in [5.74, 6) is -28.4. The van der Waals surface area contributed by atoms with E-state index in [1.54, 1.807) is 0 Å². The van der Waals surface area contributed by atoms with Crippen molar-refractivity contribution >= 4 is 21.9 Å². The molecule has 0 fully saturated rings. The molecule has 0 saturated carbocycles. The second kappa shape index (κ2) is 7.72. The maximum atomic E-state index is 13.6. The van der Waals surface area contributed by atoms with Gasteiger partial charge in [-0.2, -0.15) is 47.9 Å². The van der Waals surface area contributed by atoms with E-state index >= 15 is 0 Å². The van der Waals surface area contributed by atoms with Crippen molar-refractivity contribution in [1.29, 1.82) is 0 Å². The molecule has 17 heteroatoms. The van der Waals surface area contributed by atoms with Crippen LogP contribution in [0.1, 0.15) is 6.42 Å². The highest BCUT2D eigenvalue weighted by Crippen LogP contribution is 2.54. The number of rotatable bonds is 7. The monoisotopic (exact) mass is 490 g/mol. The van der Waals surface area contributed by atoms with Crippen molar-refractivity contribution < 1.29 is 65.7 Å². The summed E-state index contributed by atoms with van der Waals surface area (Å²) in [6.45, 7) is 0. The molecule has 0 amide bonds. The van der Waals surface area contributed by atoms with Crippen LogP contribution in [0.5, 0.6) is 0 Å². The molecule has 168 valence electrons. The average Bonchev–Trinajstić information content (AvgIpc) is 2.51. The molecule has 0 aliphatic heterocycles. The first kappa shape index (κ1) is 25.7. The Hall–Kier alpha value is -1.36. The summed E-state index contributed by atoms with van der Waals surface area (Å²) in [4.78, 5) is -3.46. The smallest absolute Gasteiger partial charge is 0.282 e. The molecular weight excluding hydrogens is 484 g/mol. The quantitative estimate of drug-likeness (QED) is 0.244. The normalized spacial score (nSPS) is 14.4. The SMILES string of the molecule is O=S(=O)(O)c1cc(F)c(SCCC(F)(F)C(F)(F)C(F)(F)C(F)(F)F)c(F)c1F. The van der Waals surface area contributed by atoms with E-state index in [0.717, 1.165) is 0 Å². The van der Waals surface area contributed by atoms with Crippen LogP contribution in [0.15, 0.2) is 15.9 Å². The van der Waals surface area contributed by atoms with Crippen LogP contribution >= 0.6 is 11.8 Å². The maximum absolute atomic E-state index is 13.6. The summed E-state index contributed by atoms with van der Waals surface area (Å²) in [5.41, 5.74) is 0. The molecular formula is C12H6F12O3S2. The van der Waals surface area contributed by atoms with Gasteiger partial charge in [-0.1, -0.05) is 0 Å². The van der Waals surface area contributed by atoms with E-state index in [-0.39, 0.29) is 6.07 Å². The number of halogens is 12. The van der Waals surface area contributed by atoms with Gasteiger partial charge in [0.2, 0.25) is 0 Å². The van der Waals surface area contributed by atoms with Crippen LogP contribution in [-0.2, 0) is 10.1 Å². The molecule has 1 aromatic carbocycles. The average molecular weight is 490 g/mol. The maximum Gasteiger partial charge on any atom is 0.460 e. The van der Waals surface area contributed by atoms with Crippen molar-refractivity contribution in [2.75, 3.05) is 5.75 Å². The number of benzene rings is 1. The van der Waals surface area contributed by atoms with E-state index in [1.807, 2.05) is 0 Å². The van der Waals surface area contributed by atoms with Crippen LogP contribution in [0.4, 0.5) is 52.7 Å². The summed E-state index contributed by atoms with van der Waals surface area (Å²) in [5, 5.41) is 0. The van der Waals surface area contributed by atoms with E-state index < -0.39 is 85.2 Å². The van der Waals surface area contributed by atoms with Crippen LogP contribution in [0.2, 0.25) is 0 Å². The van der Waals surface area contributed by atoms with Crippen molar-refractivity contribution in [1.82, 2.24) is 0 Å². The van der Waals surface area contributed by atoms with Crippen LogP contribution in [0.25, 0.3) is 0 Å². The Morgan fingerprint density at radius 3 is 1.76 bits per heavy atom. The molecule has 0 bridgehead atoms. The Morgan fingerprint density at radius 2 is 1.34 bits per heavy atom. The summed E-state index contributed by atoms with van der Waals surface area (Å²) < 4.78 is 185. The summed E-state index contributed by atoms with van der Waals surface area (Å²) in [6, 6.07) is -0.291. The van der Waals surface area contributed by atoms with E-state index in [9.17, 15) is 61.1 Å². The third-order valence-electron chi connectivity index (χ3n) is 3.23. The van der Waals surface area contributed by atoms with Gasteiger partial charge in [0.1, 0.15) is 10.7 Å². The lowest BCUT2D eigenvalue weighted by Crippen LogP contribution is -2.60. The van der Waals surface area contributed by atoms with Crippen molar-refractivity contribution in [3.05, 3.63) is 23.5 Å². The molecule has 1 N–H and O–H groups in total. The van der Waals surface area contributed by atoms with Crippen LogP contribution in [-0.4, -0.2) is 42.7 Å². The van der Waals surface area contributed by atoms with Gasteiger partial charge in [0.15, 0.2) is 11.6 Å². The molecule has 0 aliphatic carbocycles. The zero-order valence-electron chi connectivity index (χ0n) is 13.1. The van der Waals surface area contributed by atoms with E-state index in [2.05, 4.69) is 0 Å². The van der Waals surface area contributed by atoms with Crippen molar-refractivity contribution in [3.8, 4) is 0 Å². The molecule has 0 unspecified atom stereocenters. The second-order valence-corrected chi connectivity index (χ2v) is 7.73. The van der Waals surface area contributed by atoms with E-state index in [0.29, 0.717) is 0 Å². The van der Waals surface area contributed by atoms with Gasteiger partial charge in [0.25, 0.3) is 10.1 Å². The van der Waals surface area contributed by atoms with Gasteiger partial charge in [-0.05, 0) is 6.07 Å². The van der Waals surface area contributed by atoms with Crippen LogP contribution in [0, 0.1) is 17.5 Å². The third kappa shape index (κ3) is 4.70. The topological polar surface area (TPSA) is 54.4 Å². The Kier molecular flexibility index (Phi) is 6.83. The number of thioether (sulfide) groups is 1. The molecule has 0 saturated heterocycles. The van der Waals surface area contributed by atoms with Gasteiger partial charge in [0, 0.05) is 12.2 Å². The zero-order valence-corrected chi connectivity index (χ0v) is 14.7. The van der Waals surface area contributed by atoms with Crippen LogP contribution < -0.4 is 0 Å². The van der Waals surface area contributed by atoms with Gasteiger partial charge in [-0.25, -0.2) is 13.2 Å². The predicted molar refractivity (Wildman–Crippen MR) is 72.4 cm³/mol. The summed E-state index contributed by atoms with van der Waals surface area (Å²) in [7, 11) is -5.46. The second-order valence-electron chi connectivity index (χ2n) is 5.24. The number of alkyl halides is 9. The lowest BCUT2D eigenvalue weighted by Gasteiger charge is -2.33. The van der Waals surface area contributed by atoms with Gasteiger partial charge in [-0.3, -0.25) is 4.55 Å². The van der Waals surface area contributed by atoms with Gasteiger partial charge in [0.05, 0.1) is 4.90 Å². The lowest BCUT2D eigenvalue weighted by atomic mass is 10.0. The first-order valence-corrected chi connectivity index (χ1v) is 9.09. The fraction of sp³-hybridized carbons (Fsp3) is 0.500. The molecule has 0 atom stereocenters. The molecule has 0 heterocycles. The Bertz CT molecular complexity index is 879. The highest BCUT2D eigenvalue weighted by Gasteiger charge is 2.81. The molecule has 1 rings (SSSR count). The molecule has 0 spiro atoms. The Morgan fingerprint density at radius 1 is 0.862 bits per heavy atom. The third-order valence-corrected chi connectivity index (χ3v) is 5.16. The molecule has 0 aromatic heterocycles. The lowest BCUT2D eigenvalue weighted by molar-refractivity contribution is -0.396. The molecule has 3 nitrogen and oxygen atoms in total. The van der Waals surface area contributed by atoms with Crippen molar-refractivity contribution in [2.24, 2.45) is 0 Å². The van der Waals surface area contributed by atoms with Crippen LogP contribution in [0.3, 0.4) is 0 Å². The first-order valence-electron chi connectivity index (χ1n) is 6.66. The zero-order chi connectivity index (χ0) is 23.2. The van der Waals surface area contributed by atoms with E-state index in [1.165, 1.54) is 0 Å². The molecule has 0 aliphatic rings. The van der Waals surface area contributed by atoms with E-state index in [4.69, 9.17) is 4.55 Å². The highest BCUT2D eigenvalue weighted by molar-refractivity contribution is 7.99. The standard InChI is InChI=1S/C12H6F12O3S2/c13-4-3-5(29(25,26)27)6(14)7(15)8(4)28-2-1-9(16,17)10(18,19)11(20,21)12(22,23)24/h3H,1-2H2,(H,25,26,27). The van der Waals surface area contributed by atoms with Gasteiger partial charge < -0.3 is 0 Å². The fourth-order valence-electron chi connectivity index (χ4n) is 1.72. The highest BCUT2D eigenvalue weighted by atomic mass is 32.2. The van der Waals surface area contributed by atoms with Crippen molar-refractivity contribution in [3.63, 3.8) is 0 Å². The molecule has 1 aromatic rings. The first-order chi connectivity index (χ1) is 12.7. The summed E-state index contributed by atoms with van der Waals surface area (Å²) >= 11 is -0.538. The number of hydrogen-bond donors (Lipinski definition) is 1. The largest absolute Gasteiger partial charge is 0.460 e. The van der Waals surface area contributed by atoms with Gasteiger partial charge in [-0.15, -0.1) is 11.8 Å². The fourth-order valence-corrected chi connectivity index (χ4v) is 3.27. The minimum absolute atomic E-state index is 0.291. The minimum atomic E-state index is -7.14. The van der Waals surface area contributed by atoms with Gasteiger partial charge >= 0.3 is 23.9 Å². The Labute approximate surface area is 157 Å². The predicted octanol–water partition coefficient (Wildman–Crippen LogP) is 5.30. The molecule has 0 radical (unpaired) electrons. The number of hydrogen-bond acceptors (Lipinski definition) is 3. The summed E-state index contributed by atoms with van der Waals surface area (Å²) in [6.07, 6.45) is -9.50.